The lowest BCUT2D eigenvalue weighted by molar-refractivity contribution is -0.139. The Morgan fingerprint density at radius 2 is 1.65 bits per heavy atom. The standard InChI is InChI=1S/C28H31ClN2O2S/c1-3-17-30-28(33)26(18-22-10-5-4-6-11-22)31(19-23-12-8-7-9-21(23)2)27(32)20-34-25-15-13-24(29)14-16-25/h4-16,26H,3,17-20H2,1-2H3,(H,30,33). The molecule has 178 valence electrons. The molecule has 0 aliphatic carbocycles. The van der Waals surface area contributed by atoms with Gasteiger partial charge in [-0.25, -0.2) is 0 Å². The lowest BCUT2D eigenvalue weighted by Gasteiger charge is -2.32. The zero-order valence-electron chi connectivity index (χ0n) is 19.7. The maximum Gasteiger partial charge on any atom is 0.243 e. The molecule has 0 aliphatic heterocycles. The second-order valence-electron chi connectivity index (χ2n) is 8.19. The van der Waals surface area contributed by atoms with E-state index < -0.39 is 6.04 Å². The molecular weight excluding hydrogens is 464 g/mol. The molecule has 0 heterocycles. The van der Waals surface area contributed by atoms with Crippen LogP contribution >= 0.6 is 23.4 Å². The Hall–Kier alpha value is -2.76. The van der Waals surface area contributed by atoms with Crippen LogP contribution in [0.25, 0.3) is 0 Å². The number of hydrogen-bond acceptors (Lipinski definition) is 3. The van der Waals surface area contributed by atoms with Gasteiger partial charge < -0.3 is 10.2 Å². The van der Waals surface area contributed by atoms with Crippen molar-refractivity contribution in [2.45, 2.75) is 44.2 Å². The normalized spacial score (nSPS) is 11.6. The molecule has 3 aromatic carbocycles. The molecule has 4 nitrogen and oxygen atoms in total. The number of rotatable bonds is 11. The minimum Gasteiger partial charge on any atom is -0.354 e. The summed E-state index contributed by atoms with van der Waals surface area (Å²) >= 11 is 7.45. The molecule has 1 unspecified atom stereocenters. The Labute approximate surface area is 211 Å². The molecule has 0 fully saturated rings. The van der Waals surface area contributed by atoms with E-state index in [-0.39, 0.29) is 17.6 Å². The van der Waals surface area contributed by atoms with Gasteiger partial charge in [0.2, 0.25) is 11.8 Å². The highest BCUT2D eigenvalue weighted by atomic mass is 35.5. The number of thioether (sulfide) groups is 1. The lowest BCUT2D eigenvalue weighted by atomic mass is 10.0. The summed E-state index contributed by atoms with van der Waals surface area (Å²) in [4.78, 5) is 29.6. The van der Waals surface area contributed by atoms with E-state index in [0.717, 1.165) is 28.0 Å². The largest absolute Gasteiger partial charge is 0.354 e. The van der Waals surface area contributed by atoms with E-state index >= 15 is 0 Å². The number of benzene rings is 3. The van der Waals surface area contributed by atoms with Gasteiger partial charge in [0.15, 0.2) is 0 Å². The summed E-state index contributed by atoms with van der Waals surface area (Å²) in [6.07, 6.45) is 1.29. The smallest absolute Gasteiger partial charge is 0.243 e. The predicted molar refractivity (Wildman–Crippen MR) is 141 cm³/mol. The molecule has 1 N–H and O–H groups in total. The summed E-state index contributed by atoms with van der Waals surface area (Å²) in [6, 6.07) is 24.7. The lowest BCUT2D eigenvalue weighted by Crippen LogP contribution is -2.51. The van der Waals surface area contributed by atoms with Crippen LogP contribution in [0.2, 0.25) is 5.02 Å². The Kier molecular flexibility index (Phi) is 10.0. The second kappa shape index (κ2) is 13.2. The average Bonchev–Trinajstić information content (AvgIpc) is 2.85. The zero-order chi connectivity index (χ0) is 24.3. The first-order valence-electron chi connectivity index (χ1n) is 11.5. The minimum atomic E-state index is -0.605. The summed E-state index contributed by atoms with van der Waals surface area (Å²) in [5, 5.41) is 3.67. The molecule has 0 bridgehead atoms. The highest BCUT2D eigenvalue weighted by Gasteiger charge is 2.30. The summed E-state index contributed by atoms with van der Waals surface area (Å²) < 4.78 is 0. The quantitative estimate of drug-likeness (QED) is 0.337. The molecule has 0 saturated carbocycles. The van der Waals surface area contributed by atoms with E-state index in [1.807, 2.05) is 92.7 Å². The first-order chi connectivity index (χ1) is 16.5. The minimum absolute atomic E-state index is 0.0733. The van der Waals surface area contributed by atoms with E-state index in [2.05, 4.69) is 5.32 Å². The molecule has 3 rings (SSSR count). The van der Waals surface area contributed by atoms with Crippen molar-refractivity contribution in [3.63, 3.8) is 0 Å². The molecule has 34 heavy (non-hydrogen) atoms. The maximum atomic E-state index is 13.6. The van der Waals surface area contributed by atoms with Crippen molar-refractivity contribution in [3.8, 4) is 0 Å². The summed E-state index contributed by atoms with van der Waals surface area (Å²) in [5.74, 6) is 0.0414. The molecule has 3 aromatic rings. The summed E-state index contributed by atoms with van der Waals surface area (Å²) in [7, 11) is 0. The van der Waals surface area contributed by atoms with Crippen LogP contribution in [-0.4, -0.2) is 35.1 Å². The van der Waals surface area contributed by atoms with Gasteiger partial charge in [-0.2, -0.15) is 0 Å². The predicted octanol–water partition coefficient (Wildman–Crippen LogP) is 5.91. The fourth-order valence-corrected chi connectivity index (χ4v) is 4.56. The van der Waals surface area contributed by atoms with Gasteiger partial charge >= 0.3 is 0 Å². The van der Waals surface area contributed by atoms with Gasteiger partial charge in [-0.1, -0.05) is 73.1 Å². The third-order valence-corrected chi connectivity index (χ3v) is 6.85. The topological polar surface area (TPSA) is 49.4 Å². The Balaban J connectivity index is 1.89. The molecule has 0 saturated heterocycles. The van der Waals surface area contributed by atoms with Gasteiger partial charge in [0, 0.05) is 29.4 Å². The Morgan fingerprint density at radius 1 is 0.971 bits per heavy atom. The van der Waals surface area contributed by atoms with Crippen molar-refractivity contribution < 1.29 is 9.59 Å². The van der Waals surface area contributed by atoms with Crippen molar-refractivity contribution in [1.29, 1.82) is 0 Å². The highest BCUT2D eigenvalue weighted by molar-refractivity contribution is 8.00. The van der Waals surface area contributed by atoms with Crippen molar-refractivity contribution in [2.24, 2.45) is 0 Å². The Morgan fingerprint density at radius 3 is 2.32 bits per heavy atom. The third kappa shape index (κ3) is 7.64. The van der Waals surface area contributed by atoms with Crippen molar-refractivity contribution in [1.82, 2.24) is 10.2 Å². The van der Waals surface area contributed by atoms with Crippen LogP contribution in [0.3, 0.4) is 0 Å². The number of hydrogen-bond donors (Lipinski definition) is 1. The molecule has 6 heteroatoms. The molecule has 0 spiro atoms. The second-order valence-corrected chi connectivity index (χ2v) is 9.67. The van der Waals surface area contributed by atoms with Crippen LogP contribution in [0.1, 0.15) is 30.0 Å². The van der Waals surface area contributed by atoms with Crippen LogP contribution in [0.5, 0.6) is 0 Å². The Bertz CT molecular complexity index is 1070. The number of aryl methyl sites for hydroxylation is 1. The maximum absolute atomic E-state index is 13.6. The molecule has 2 amide bonds. The monoisotopic (exact) mass is 494 g/mol. The SMILES string of the molecule is CCCNC(=O)C(Cc1ccccc1)N(Cc1ccccc1C)C(=O)CSc1ccc(Cl)cc1. The average molecular weight is 495 g/mol. The number of halogens is 1. The van der Waals surface area contributed by atoms with Crippen molar-refractivity contribution >= 4 is 35.2 Å². The first kappa shape index (κ1) is 25.9. The molecular formula is C28H31ClN2O2S. The van der Waals surface area contributed by atoms with E-state index in [9.17, 15) is 9.59 Å². The van der Waals surface area contributed by atoms with Crippen LogP contribution in [-0.2, 0) is 22.6 Å². The van der Waals surface area contributed by atoms with E-state index in [1.165, 1.54) is 11.8 Å². The molecule has 0 radical (unpaired) electrons. The van der Waals surface area contributed by atoms with Gasteiger partial charge in [-0.05, 0) is 54.3 Å². The molecule has 0 aromatic heterocycles. The number of amides is 2. The molecule has 1 atom stereocenters. The van der Waals surface area contributed by atoms with Crippen LogP contribution in [0, 0.1) is 6.92 Å². The summed E-state index contributed by atoms with van der Waals surface area (Å²) in [5.41, 5.74) is 3.15. The van der Waals surface area contributed by atoms with E-state index in [1.54, 1.807) is 4.90 Å². The van der Waals surface area contributed by atoms with Gasteiger partial charge in [0.05, 0.1) is 5.75 Å². The molecule has 0 aliphatic rings. The first-order valence-corrected chi connectivity index (χ1v) is 12.9. The highest BCUT2D eigenvalue weighted by Crippen LogP contribution is 2.23. The fourth-order valence-electron chi connectivity index (χ4n) is 3.65. The van der Waals surface area contributed by atoms with Crippen LogP contribution in [0.4, 0.5) is 0 Å². The zero-order valence-corrected chi connectivity index (χ0v) is 21.2. The van der Waals surface area contributed by atoms with Gasteiger partial charge in [0.1, 0.15) is 6.04 Å². The van der Waals surface area contributed by atoms with Gasteiger partial charge in [0.25, 0.3) is 0 Å². The fraction of sp³-hybridized carbons (Fsp3) is 0.286. The number of carbonyl (C=O) groups is 2. The number of nitrogens with one attached hydrogen (secondary N) is 1. The van der Waals surface area contributed by atoms with Gasteiger partial charge in [-0.15, -0.1) is 11.8 Å². The van der Waals surface area contributed by atoms with Crippen molar-refractivity contribution in [3.05, 3.63) is 101 Å². The number of carbonyl (C=O) groups excluding carboxylic acids is 2. The third-order valence-electron chi connectivity index (χ3n) is 5.60. The van der Waals surface area contributed by atoms with Crippen LogP contribution < -0.4 is 5.32 Å². The van der Waals surface area contributed by atoms with Gasteiger partial charge in [-0.3, -0.25) is 9.59 Å². The van der Waals surface area contributed by atoms with E-state index in [0.29, 0.717) is 24.5 Å². The van der Waals surface area contributed by atoms with E-state index in [4.69, 9.17) is 11.6 Å². The van der Waals surface area contributed by atoms with Crippen molar-refractivity contribution in [2.75, 3.05) is 12.3 Å². The van der Waals surface area contributed by atoms with Crippen LogP contribution in [0.15, 0.2) is 83.8 Å². The summed E-state index contributed by atoms with van der Waals surface area (Å²) in [6.45, 7) is 5.01. The number of nitrogens with zero attached hydrogens (tertiary/aromatic N) is 1.